The number of hydrogen-bond acceptors (Lipinski definition) is 4. The van der Waals surface area contributed by atoms with E-state index in [4.69, 9.17) is 26.3 Å². The normalized spacial score (nSPS) is 10.8. The average molecular weight is 306 g/mol. The molecule has 0 saturated heterocycles. The molecule has 0 bridgehead atoms. The van der Waals surface area contributed by atoms with Crippen molar-refractivity contribution in [2.45, 2.75) is 13.5 Å². The Balaban J connectivity index is 2.24. The number of ether oxygens (including phenoxy) is 2. The van der Waals surface area contributed by atoms with Gasteiger partial charge in [-0.2, -0.15) is 0 Å². The van der Waals surface area contributed by atoms with Crippen molar-refractivity contribution in [1.82, 2.24) is 0 Å². The smallest absolute Gasteiger partial charge is 0.180 e. The van der Waals surface area contributed by atoms with Gasteiger partial charge in [-0.15, -0.1) is 0 Å². The number of hydrogen-bond donors (Lipinski definition) is 1. The van der Waals surface area contributed by atoms with Crippen LogP contribution >= 0.6 is 11.6 Å². The molecule has 21 heavy (non-hydrogen) atoms. The third-order valence-corrected chi connectivity index (χ3v) is 3.05. The molecule has 0 aromatic heterocycles. The van der Waals surface area contributed by atoms with E-state index in [1.165, 1.54) is 6.21 Å². The summed E-state index contributed by atoms with van der Waals surface area (Å²) in [5, 5.41) is 12.0. The van der Waals surface area contributed by atoms with Gasteiger partial charge in [0.25, 0.3) is 0 Å². The SMILES string of the molecule is CCOc1cc(C=NO)cc(Cl)c1OCc1ccccc1. The van der Waals surface area contributed by atoms with Gasteiger partial charge in [-0.1, -0.05) is 47.1 Å². The molecule has 0 amide bonds. The van der Waals surface area contributed by atoms with Crippen molar-refractivity contribution in [3.63, 3.8) is 0 Å². The minimum absolute atomic E-state index is 0.397. The second kappa shape index (κ2) is 7.55. The number of halogens is 1. The van der Waals surface area contributed by atoms with E-state index in [1.54, 1.807) is 12.1 Å². The van der Waals surface area contributed by atoms with Crippen LogP contribution in [0.4, 0.5) is 0 Å². The summed E-state index contributed by atoms with van der Waals surface area (Å²) in [6.45, 7) is 2.76. The lowest BCUT2D eigenvalue weighted by atomic mass is 10.2. The van der Waals surface area contributed by atoms with E-state index in [2.05, 4.69) is 5.16 Å². The van der Waals surface area contributed by atoms with Crippen molar-refractivity contribution < 1.29 is 14.7 Å². The molecule has 0 aliphatic carbocycles. The van der Waals surface area contributed by atoms with Gasteiger partial charge >= 0.3 is 0 Å². The fourth-order valence-corrected chi connectivity index (χ4v) is 2.14. The fourth-order valence-electron chi connectivity index (χ4n) is 1.86. The van der Waals surface area contributed by atoms with Crippen LogP contribution in [0.15, 0.2) is 47.6 Å². The second-order valence-electron chi connectivity index (χ2n) is 4.28. The highest BCUT2D eigenvalue weighted by molar-refractivity contribution is 6.32. The first-order chi connectivity index (χ1) is 10.2. The summed E-state index contributed by atoms with van der Waals surface area (Å²) in [6, 6.07) is 13.2. The van der Waals surface area contributed by atoms with Crippen molar-refractivity contribution in [3.05, 3.63) is 58.6 Å². The van der Waals surface area contributed by atoms with Gasteiger partial charge in [-0.3, -0.25) is 0 Å². The quantitative estimate of drug-likeness (QED) is 0.496. The zero-order chi connectivity index (χ0) is 15.1. The summed E-state index contributed by atoms with van der Waals surface area (Å²) < 4.78 is 11.3. The maximum absolute atomic E-state index is 8.61. The highest BCUT2D eigenvalue weighted by Crippen LogP contribution is 2.36. The van der Waals surface area contributed by atoms with Gasteiger partial charge < -0.3 is 14.7 Å². The van der Waals surface area contributed by atoms with Gasteiger partial charge in [0.2, 0.25) is 0 Å². The molecule has 0 heterocycles. The fraction of sp³-hybridized carbons (Fsp3) is 0.188. The zero-order valence-electron chi connectivity index (χ0n) is 11.6. The van der Waals surface area contributed by atoms with E-state index in [-0.39, 0.29) is 0 Å². The van der Waals surface area contributed by atoms with Crippen molar-refractivity contribution >= 4 is 17.8 Å². The molecule has 2 aromatic carbocycles. The minimum atomic E-state index is 0.397. The number of rotatable bonds is 6. The second-order valence-corrected chi connectivity index (χ2v) is 4.69. The van der Waals surface area contributed by atoms with Crippen molar-refractivity contribution in [2.75, 3.05) is 6.61 Å². The van der Waals surface area contributed by atoms with Crippen LogP contribution in [0.1, 0.15) is 18.1 Å². The largest absolute Gasteiger partial charge is 0.490 e. The third kappa shape index (κ3) is 4.13. The lowest BCUT2D eigenvalue weighted by molar-refractivity contribution is 0.269. The highest BCUT2D eigenvalue weighted by atomic mass is 35.5. The molecular weight excluding hydrogens is 290 g/mol. The molecule has 0 aliphatic rings. The molecule has 2 rings (SSSR count). The maximum atomic E-state index is 8.61. The van der Waals surface area contributed by atoms with E-state index >= 15 is 0 Å². The molecule has 0 radical (unpaired) electrons. The van der Waals surface area contributed by atoms with Crippen LogP contribution in [0.3, 0.4) is 0 Å². The zero-order valence-corrected chi connectivity index (χ0v) is 12.4. The van der Waals surface area contributed by atoms with Gasteiger partial charge in [0, 0.05) is 5.56 Å². The molecule has 2 aromatic rings. The molecule has 0 saturated carbocycles. The Morgan fingerprint density at radius 2 is 1.95 bits per heavy atom. The standard InChI is InChI=1S/C16H16ClNO3/c1-2-20-15-9-13(10-18-19)8-14(17)16(15)21-11-12-6-4-3-5-7-12/h3-10,19H,2,11H2,1H3. The van der Waals surface area contributed by atoms with E-state index in [0.717, 1.165) is 5.56 Å². The Bertz CT molecular complexity index is 614. The lowest BCUT2D eigenvalue weighted by Gasteiger charge is -2.14. The Morgan fingerprint density at radius 3 is 2.62 bits per heavy atom. The molecule has 1 N–H and O–H groups in total. The Hall–Kier alpha value is -2.20. The van der Waals surface area contributed by atoms with E-state index in [0.29, 0.717) is 35.3 Å². The molecule has 110 valence electrons. The molecule has 0 spiro atoms. The van der Waals surface area contributed by atoms with Crippen LogP contribution in [-0.4, -0.2) is 18.0 Å². The average Bonchev–Trinajstić information content (AvgIpc) is 2.48. The summed E-state index contributed by atoms with van der Waals surface area (Å²) in [7, 11) is 0. The van der Waals surface area contributed by atoms with Crippen LogP contribution in [0, 0.1) is 0 Å². The molecule has 5 heteroatoms. The molecule has 0 fully saturated rings. The van der Waals surface area contributed by atoms with Gasteiger partial charge in [0.1, 0.15) is 6.61 Å². The summed E-state index contributed by atoms with van der Waals surface area (Å²) in [5.41, 5.74) is 1.68. The minimum Gasteiger partial charge on any atom is -0.490 e. The number of oxime groups is 1. The van der Waals surface area contributed by atoms with E-state index in [9.17, 15) is 0 Å². The number of benzene rings is 2. The molecule has 0 atom stereocenters. The van der Waals surface area contributed by atoms with Gasteiger partial charge in [-0.05, 0) is 24.6 Å². The first-order valence-corrected chi connectivity index (χ1v) is 6.93. The van der Waals surface area contributed by atoms with Crippen LogP contribution in [0.5, 0.6) is 11.5 Å². The third-order valence-electron chi connectivity index (χ3n) is 2.76. The predicted molar refractivity (Wildman–Crippen MR) is 82.8 cm³/mol. The van der Waals surface area contributed by atoms with Crippen LogP contribution in [0.25, 0.3) is 0 Å². The summed E-state index contributed by atoms with van der Waals surface area (Å²) in [5.74, 6) is 1.01. The van der Waals surface area contributed by atoms with Crippen molar-refractivity contribution in [2.24, 2.45) is 5.16 Å². The van der Waals surface area contributed by atoms with E-state index < -0.39 is 0 Å². The van der Waals surface area contributed by atoms with Gasteiger partial charge in [-0.25, -0.2) is 0 Å². The van der Waals surface area contributed by atoms with Crippen LogP contribution < -0.4 is 9.47 Å². The maximum Gasteiger partial charge on any atom is 0.180 e. The Labute approximate surface area is 128 Å². The molecule has 0 unspecified atom stereocenters. The Morgan fingerprint density at radius 1 is 1.19 bits per heavy atom. The topological polar surface area (TPSA) is 51.0 Å². The van der Waals surface area contributed by atoms with E-state index in [1.807, 2.05) is 37.3 Å². The van der Waals surface area contributed by atoms with Gasteiger partial charge in [0.15, 0.2) is 11.5 Å². The molecule has 0 aliphatic heterocycles. The number of nitrogens with zero attached hydrogens (tertiary/aromatic N) is 1. The highest BCUT2D eigenvalue weighted by Gasteiger charge is 2.12. The summed E-state index contributed by atoms with van der Waals surface area (Å²) in [4.78, 5) is 0. The summed E-state index contributed by atoms with van der Waals surface area (Å²) >= 11 is 6.22. The monoisotopic (exact) mass is 305 g/mol. The first kappa shape index (κ1) is 15.2. The van der Waals surface area contributed by atoms with Crippen LogP contribution in [-0.2, 0) is 6.61 Å². The molecular formula is C16H16ClNO3. The van der Waals surface area contributed by atoms with Crippen molar-refractivity contribution in [1.29, 1.82) is 0 Å². The first-order valence-electron chi connectivity index (χ1n) is 6.55. The molecule has 4 nitrogen and oxygen atoms in total. The predicted octanol–water partition coefficient (Wildman–Crippen LogP) is 4.13. The lowest BCUT2D eigenvalue weighted by Crippen LogP contribution is -2.01. The van der Waals surface area contributed by atoms with Crippen molar-refractivity contribution in [3.8, 4) is 11.5 Å². The Kier molecular flexibility index (Phi) is 5.46. The van der Waals surface area contributed by atoms with Gasteiger partial charge in [0.05, 0.1) is 17.8 Å². The summed E-state index contributed by atoms with van der Waals surface area (Å²) in [6.07, 6.45) is 1.29. The van der Waals surface area contributed by atoms with Crippen LogP contribution in [0.2, 0.25) is 5.02 Å².